The van der Waals surface area contributed by atoms with Gasteiger partial charge >= 0.3 is 6.61 Å². The molecule has 0 bridgehead atoms. The van der Waals surface area contributed by atoms with Crippen LogP contribution < -0.4 is 9.46 Å². The second-order valence-corrected chi connectivity index (χ2v) is 6.15. The van der Waals surface area contributed by atoms with Gasteiger partial charge in [-0.2, -0.15) is 8.78 Å². The zero-order valence-electron chi connectivity index (χ0n) is 11.5. The highest BCUT2D eigenvalue weighted by Crippen LogP contribution is 2.21. The molecule has 2 aromatic carbocycles. The van der Waals surface area contributed by atoms with Gasteiger partial charge in [0, 0.05) is 12.1 Å². The van der Waals surface area contributed by atoms with Crippen molar-refractivity contribution in [3.63, 3.8) is 0 Å². The summed E-state index contributed by atoms with van der Waals surface area (Å²) < 4.78 is 80.9. The lowest BCUT2D eigenvalue weighted by atomic mass is 10.2. The monoisotopic (exact) mass is 349 g/mol. The van der Waals surface area contributed by atoms with E-state index in [-0.39, 0.29) is 17.9 Å². The summed E-state index contributed by atoms with van der Waals surface area (Å²) in [5, 5.41) is 0. The van der Waals surface area contributed by atoms with E-state index < -0.39 is 33.2 Å². The average molecular weight is 349 g/mol. The molecule has 0 atom stereocenters. The molecule has 124 valence electrons. The zero-order chi connectivity index (χ0) is 17.0. The van der Waals surface area contributed by atoms with Crippen LogP contribution in [0.5, 0.6) is 5.75 Å². The van der Waals surface area contributed by atoms with Crippen molar-refractivity contribution in [2.45, 2.75) is 18.1 Å². The van der Waals surface area contributed by atoms with E-state index in [1.807, 2.05) is 0 Å². The predicted molar refractivity (Wildman–Crippen MR) is 73.5 cm³/mol. The molecule has 0 aliphatic heterocycles. The molecule has 2 rings (SSSR count). The van der Waals surface area contributed by atoms with Crippen LogP contribution in [0.4, 0.5) is 17.6 Å². The highest BCUT2D eigenvalue weighted by atomic mass is 32.2. The Kier molecular flexibility index (Phi) is 5.22. The molecule has 2 aromatic rings. The minimum absolute atomic E-state index is 0.166. The second-order valence-electron chi connectivity index (χ2n) is 4.39. The minimum atomic E-state index is -4.14. The van der Waals surface area contributed by atoms with Gasteiger partial charge in [0.15, 0.2) is 11.6 Å². The number of benzene rings is 2. The lowest BCUT2D eigenvalue weighted by Gasteiger charge is -2.12. The molecule has 0 radical (unpaired) electrons. The number of nitrogens with one attached hydrogen (secondary N) is 1. The van der Waals surface area contributed by atoms with Crippen LogP contribution in [0.3, 0.4) is 0 Å². The summed E-state index contributed by atoms with van der Waals surface area (Å²) in [6, 6.07) is 7.71. The number of sulfonamides is 1. The Labute approximate surface area is 129 Å². The Balaban J connectivity index is 2.18. The minimum Gasteiger partial charge on any atom is -0.434 e. The van der Waals surface area contributed by atoms with Crippen molar-refractivity contribution in [2.75, 3.05) is 0 Å². The topological polar surface area (TPSA) is 55.4 Å². The van der Waals surface area contributed by atoms with E-state index in [0.29, 0.717) is 12.1 Å². The normalized spacial score (nSPS) is 11.7. The molecule has 0 saturated heterocycles. The Morgan fingerprint density at radius 1 is 1.04 bits per heavy atom. The van der Waals surface area contributed by atoms with Gasteiger partial charge in [-0.25, -0.2) is 21.9 Å². The van der Waals surface area contributed by atoms with Crippen molar-refractivity contribution >= 4 is 10.0 Å². The molecule has 0 aliphatic carbocycles. The fraction of sp³-hybridized carbons (Fsp3) is 0.143. The molecule has 0 aromatic heterocycles. The maximum atomic E-state index is 13.1. The quantitative estimate of drug-likeness (QED) is 0.816. The second kappa shape index (κ2) is 6.97. The molecule has 0 unspecified atom stereocenters. The number of hydrogen-bond donors (Lipinski definition) is 1. The Morgan fingerprint density at radius 2 is 1.74 bits per heavy atom. The first-order chi connectivity index (χ1) is 10.8. The highest BCUT2D eigenvalue weighted by molar-refractivity contribution is 7.89. The molecule has 0 amide bonds. The number of halogens is 4. The lowest BCUT2D eigenvalue weighted by Crippen LogP contribution is -2.24. The number of para-hydroxylation sites is 1. The van der Waals surface area contributed by atoms with Crippen molar-refractivity contribution in [1.29, 1.82) is 0 Å². The average Bonchev–Trinajstić information content (AvgIpc) is 2.48. The van der Waals surface area contributed by atoms with E-state index in [4.69, 9.17) is 0 Å². The van der Waals surface area contributed by atoms with E-state index >= 15 is 0 Å². The van der Waals surface area contributed by atoms with E-state index in [0.717, 1.165) is 6.07 Å². The summed E-state index contributed by atoms with van der Waals surface area (Å²) in [6.45, 7) is -3.41. The van der Waals surface area contributed by atoms with Crippen molar-refractivity contribution in [2.24, 2.45) is 0 Å². The Hall–Kier alpha value is -2.13. The summed E-state index contributed by atoms with van der Waals surface area (Å²) in [5.74, 6) is -2.68. The highest BCUT2D eigenvalue weighted by Gasteiger charge is 2.17. The zero-order valence-corrected chi connectivity index (χ0v) is 12.3. The summed E-state index contributed by atoms with van der Waals surface area (Å²) >= 11 is 0. The van der Waals surface area contributed by atoms with Crippen molar-refractivity contribution < 1.29 is 30.7 Å². The van der Waals surface area contributed by atoms with Gasteiger partial charge in [-0.1, -0.05) is 18.2 Å². The van der Waals surface area contributed by atoms with Gasteiger partial charge in [0.25, 0.3) is 0 Å². The molecular formula is C14H11F4NO3S. The summed E-state index contributed by atoms with van der Waals surface area (Å²) in [7, 11) is -4.14. The molecule has 0 aliphatic rings. The largest absolute Gasteiger partial charge is 0.434 e. The van der Waals surface area contributed by atoms with Crippen molar-refractivity contribution in [1.82, 2.24) is 4.72 Å². The third-order valence-electron chi connectivity index (χ3n) is 2.84. The van der Waals surface area contributed by atoms with Crippen LogP contribution in [0, 0.1) is 11.6 Å². The van der Waals surface area contributed by atoms with Crippen LogP contribution in [0.2, 0.25) is 0 Å². The predicted octanol–water partition coefficient (Wildman–Crippen LogP) is 3.04. The maximum Gasteiger partial charge on any atom is 0.387 e. The first-order valence-corrected chi connectivity index (χ1v) is 7.75. The summed E-state index contributed by atoms with van der Waals surface area (Å²) in [5.41, 5.74) is 0.166. The molecule has 0 heterocycles. The van der Waals surface area contributed by atoms with Crippen LogP contribution in [0.25, 0.3) is 0 Å². The fourth-order valence-electron chi connectivity index (χ4n) is 1.76. The van der Waals surface area contributed by atoms with E-state index in [1.54, 1.807) is 0 Å². The van der Waals surface area contributed by atoms with E-state index in [2.05, 4.69) is 9.46 Å². The first-order valence-electron chi connectivity index (χ1n) is 6.27. The van der Waals surface area contributed by atoms with Crippen LogP contribution in [0.1, 0.15) is 5.56 Å². The first kappa shape index (κ1) is 17.2. The van der Waals surface area contributed by atoms with Gasteiger partial charge in [-0.15, -0.1) is 0 Å². The molecule has 0 spiro atoms. The number of ether oxygens (including phenoxy) is 1. The van der Waals surface area contributed by atoms with Gasteiger partial charge in [0.2, 0.25) is 10.0 Å². The van der Waals surface area contributed by atoms with Crippen LogP contribution >= 0.6 is 0 Å². The van der Waals surface area contributed by atoms with Gasteiger partial charge in [-0.3, -0.25) is 0 Å². The SMILES string of the molecule is O=S(=O)(NCc1ccccc1OC(F)F)c1ccc(F)c(F)c1. The van der Waals surface area contributed by atoms with E-state index in [1.165, 1.54) is 24.3 Å². The van der Waals surface area contributed by atoms with Crippen LogP contribution in [-0.2, 0) is 16.6 Å². The molecule has 9 heteroatoms. The standard InChI is InChI=1S/C14H11F4NO3S/c15-11-6-5-10(7-12(11)16)23(20,21)19-8-9-3-1-2-4-13(9)22-14(17)18/h1-7,14,19H,8H2. The number of hydrogen-bond acceptors (Lipinski definition) is 3. The molecule has 0 fully saturated rings. The van der Waals surface area contributed by atoms with Gasteiger partial charge in [0.1, 0.15) is 5.75 Å². The third kappa shape index (κ3) is 4.42. The van der Waals surface area contributed by atoms with Crippen LogP contribution in [0.15, 0.2) is 47.4 Å². The molecule has 23 heavy (non-hydrogen) atoms. The van der Waals surface area contributed by atoms with Crippen molar-refractivity contribution in [3.8, 4) is 5.75 Å². The van der Waals surface area contributed by atoms with Gasteiger partial charge in [0.05, 0.1) is 4.90 Å². The van der Waals surface area contributed by atoms with Crippen LogP contribution in [-0.4, -0.2) is 15.0 Å². The molecule has 4 nitrogen and oxygen atoms in total. The number of alkyl halides is 2. The number of rotatable bonds is 6. The smallest absolute Gasteiger partial charge is 0.387 e. The summed E-state index contributed by atoms with van der Waals surface area (Å²) in [4.78, 5) is -0.483. The fourth-order valence-corrected chi connectivity index (χ4v) is 2.78. The third-order valence-corrected chi connectivity index (χ3v) is 4.24. The molecule has 1 N–H and O–H groups in total. The lowest BCUT2D eigenvalue weighted by molar-refractivity contribution is -0.0504. The van der Waals surface area contributed by atoms with Crippen molar-refractivity contribution in [3.05, 3.63) is 59.7 Å². The van der Waals surface area contributed by atoms with Gasteiger partial charge < -0.3 is 4.74 Å². The summed E-state index contributed by atoms with van der Waals surface area (Å²) in [6.07, 6.45) is 0. The molecule has 0 saturated carbocycles. The Morgan fingerprint density at radius 3 is 2.39 bits per heavy atom. The maximum absolute atomic E-state index is 13.1. The van der Waals surface area contributed by atoms with E-state index in [9.17, 15) is 26.0 Å². The Bertz CT molecular complexity index is 796. The van der Waals surface area contributed by atoms with Gasteiger partial charge in [-0.05, 0) is 24.3 Å². The molecular weight excluding hydrogens is 338 g/mol.